The maximum atomic E-state index is 12.3. The summed E-state index contributed by atoms with van der Waals surface area (Å²) in [6.45, 7) is 6.14. The van der Waals surface area contributed by atoms with Crippen LogP contribution in [0.15, 0.2) is 54.6 Å². The number of halogens is 1. The molecule has 1 atom stereocenters. The lowest BCUT2D eigenvalue weighted by Gasteiger charge is -2.35. The number of hydrogen-bond acceptors (Lipinski definition) is 3. The second-order valence-electron chi connectivity index (χ2n) is 6.44. The normalized spacial score (nSPS) is 16.5. The molecule has 0 bridgehead atoms. The molecule has 0 saturated carbocycles. The number of amides is 1. The molecule has 0 aromatic heterocycles. The van der Waals surface area contributed by atoms with Crippen LogP contribution in [0.25, 0.3) is 0 Å². The number of carbonyl (C=O) groups excluding carboxylic acids is 1. The summed E-state index contributed by atoms with van der Waals surface area (Å²) in [5, 5.41) is 3.78. The second kappa shape index (κ2) is 8.37. The summed E-state index contributed by atoms with van der Waals surface area (Å²) in [7, 11) is 0. The maximum absolute atomic E-state index is 12.3. The maximum Gasteiger partial charge on any atom is 0.234 e. The molecule has 2 aromatic rings. The van der Waals surface area contributed by atoms with Crippen molar-refractivity contribution in [1.82, 2.24) is 10.2 Å². The number of nitrogens with zero attached hydrogens (tertiary/aromatic N) is 2. The van der Waals surface area contributed by atoms with E-state index in [-0.39, 0.29) is 11.9 Å². The summed E-state index contributed by atoms with van der Waals surface area (Å²) >= 11 is 5.91. The van der Waals surface area contributed by atoms with Gasteiger partial charge in [0.15, 0.2) is 0 Å². The molecule has 1 aliphatic heterocycles. The van der Waals surface area contributed by atoms with Crippen molar-refractivity contribution in [1.29, 1.82) is 0 Å². The van der Waals surface area contributed by atoms with E-state index in [1.165, 1.54) is 5.69 Å². The van der Waals surface area contributed by atoms with E-state index >= 15 is 0 Å². The van der Waals surface area contributed by atoms with Crippen LogP contribution in [0.2, 0.25) is 5.02 Å². The van der Waals surface area contributed by atoms with E-state index in [4.69, 9.17) is 11.6 Å². The van der Waals surface area contributed by atoms with Crippen molar-refractivity contribution in [2.45, 2.75) is 13.0 Å². The van der Waals surface area contributed by atoms with Gasteiger partial charge in [0.2, 0.25) is 5.91 Å². The Morgan fingerprint density at radius 3 is 2.32 bits per heavy atom. The van der Waals surface area contributed by atoms with E-state index in [2.05, 4.69) is 39.4 Å². The molecule has 0 aliphatic carbocycles. The molecule has 1 fully saturated rings. The van der Waals surface area contributed by atoms with Gasteiger partial charge >= 0.3 is 0 Å². The largest absolute Gasteiger partial charge is 0.369 e. The fourth-order valence-corrected chi connectivity index (χ4v) is 3.25. The minimum atomic E-state index is -0.0182. The predicted octanol–water partition coefficient (Wildman–Crippen LogP) is 3.34. The summed E-state index contributed by atoms with van der Waals surface area (Å²) in [5.41, 5.74) is 2.31. The molecule has 1 N–H and O–H groups in total. The molecule has 1 amide bonds. The van der Waals surface area contributed by atoms with Gasteiger partial charge in [-0.1, -0.05) is 41.9 Å². The second-order valence-corrected chi connectivity index (χ2v) is 6.88. The first-order valence-electron chi connectivity index (χ1n) is 8.69. The third-order valence-electron chi connectivity index (χ3n) is 4.61. The molecular weight excluding hydrogens is 334 g/mol. The summed E-state index contributed by atoms with van der Waals surface area (Å²) < 4.78 is 0. The van der Waals surface area contributed by atoms with Gasteiger partial charge in [-0.05, 0) is 36.8 Å². The van der Waals surface area contributed by atoms with E-state index in [0.717, 1.165) is 31.7 Å². The van der Waals surface area contributed by atoms with Crippen LogP contribution in [0.1, 0.15) is 18.5 Å². The Hall–Kier alpha value is -2.04. The van der Waals surface area contributed by atoms with Crippen LogP contribution < -0.4 is 10.2 Å². The fourth-order valence-electron chi connectivity index (χ4n) is 3.13. The predicted molar refractivity (Wildman–Crippen MR) is 103 cm³/mol. The van der Waals surface area contributed by atoms with Gasteiger partial charge in [0.25, 0.3) is 0 Å². The van der Waals surface area contributed by atoms with Crippen molar-refractivity contribution in [3.8, 4) is 0 Å². The molecule has 0 spiro atoms. The molecule has 1 aliphatic rings. The zero-order valence-electron chi connectivity index (χ0n) is 14.5. The van der Waals surface area contributed by atoms with Gasteiger partial charge in [0.1, 0.15) is 0 Å². The average Bonchev–Trinajstić information content (AvgIpc) is 2.63. The van der Waals surface area contributed by atoms with Crippen molar-refractivity contribution < 1.29 is 4.79 Å². The highest BCUT2D eigenvalue weighted by atomic mass is 35.5. The minimum absolute atomic E-state index is 0.0182. The Morgan fingerprint density at radius 1 is 1.04 bits per heavy atom. The topological polar surface area (TPSA) is 35.6 Å². The Balaban J connectivity index is 1.45. The van der Waals surface area contributed by atoms with E-state index < -0.39 is 0 Å². The van der Waals surface area contributed by atoms with Crippen LogP contribution in [0.5, 0.6) is 0 Å². The standard InChI is InChI=1S/C20H24ClN3O/c1-16(17-7-9-18(21)10-8-17)22-20(25)15-23-11-13-24(14-12-23)19-5-3-2-4-6-19/h2-10,16H,11-15H2,1H3,(H,22,25)/t16-/m1/s1. The van der Waals surface area contributed by atoms with Gasteiger partial charge in [-0.15, -0.1) is 0 Å². The Bertz CT molecular complexity index is 682. The first-order chi connectivity index (χ1) is 12.1. The highest BCUT2D eigenvalue weighted by Gasteiger charge is 2.20. The number of anilines is 1. The fraction of sp³-hybridized carbons (Fsp3) is 0.350. The molecule has 2 aromatic carbocycles. The summed E-state index contributed by atoms with van der Waals surface area (Å²) in [5.74, 6) is 0.0654. The molecule has 1 heterocycles. The van der Waals surface area contributed by atoms with Gasteiger partial charge in [0, 0.05) is 36.9 Å². The SMILES string of the molecule is C[C@@H](NC(=O)CN1CCN(c2ccccc2)CC1)c1ccc(Cl)cc1. The summed E-state index contributed by atoms with van der Waals surface area (Å²) in [6.07, 6.45) is 0. The van der Waals surface area contributed by atoms with Crippen LogP contribution in [-0.4, -0.2) is 43.5 Å². The van der Waals surface area contributed by atoms with Crippen molar-refractivity contribution in [3.05, 3.63) is 65.2 Å². The van der Waals surface area contributed by atoms with E-state index in [9.17, 15) is 4.79 Å². The van der Waals surface area contributed by atoms with Gasteiger partial charge in [-0.3, -0.25) is 9.69 Å². The summed E-state index contributed by atoms with van der Waals surface area (Å²) in [6, 6.07) is 18.0. The van der Waals surface area contributed by atoms with Crippen molar-refractivity contribution in [2.24, 2.45) is 0 Å². The van der Waals surface area contributed by atoms with E-state index in [1.54, 1.807) is 0 Å². The Labute approximate surface area is 154 Å². The average molecular weight is 358 g/mol. The first kappa shape index (κ1) is 17.8. The third-order valence-corrected chi connectivity index (χ3v) is 4.86. The highest BCUT2D eigenvalue weighted by molar-refractivity contribution is 6.30. The van der Waals surface area contributed by atoms with Gasteiger partial charge < -0.3 is 10.2 Å². The van der Waals surface area contributed by atoms with Crippen LogP contribution in [0.3, 0.4) is 0 Å². The summed E-state index contributed by atoms with van der Waals surface area (Å²) in [4.78, 5) is 16.9. The van der Waals surface area contributed by atoms with Crippen LogP contribution in [-0.2, 0) is 4.79 Å². The molecule has 25 heavy (non-hydrogen) atoms. The number of hydrogen-bond donors (Lipinski definition) is 1. The molecule has 0 radical (unpaired) electrons. The van der Waals surface area contributed by atoms with Gasteiger partial charge in [-0.25, -0.2) is 0 Å². The third kappa shape index (κ3) is 4.97. The molecule has 4 nitrogen and oxygen atoms in total. The molecule has 132 valence electrons. The van der Waals surface area contributed by atoms with E-state index in [1.807, 2.05) is 37.3 Å². The number of benzene rings is 2. The molecule has 0 unspecified atom stereocenters. The van der Waals surface area contributed by atoms with Crippen LogP contribution >= 0.6 is 11.6 Å². The molecule has 1 saturated heterocycles. The molecule has 3 rings (SSSR count). The first-order valence-corrected chi connectivity index (χ1v) is 9.07. The van der Waals surface area contributed by atoms with Crippen molar-refractivity contribution in [2.75, 3.05) is 37.6 Å². The van der Waals surface area contributed by atoms with Crippen molar-refractivity contribution in [3.63, 3.8) is 0 Å². The smallest absolute Gasteiger partial charge is 0.234 e. The lowest BCUT2D eigenvalue weighted by atomic mass is 10.1. The zero-order valence-corrected chi connectivity index (χ0v) is 15.2. The minimum Gasteiger partial charge on any atom is -0.369 e. The number of piperazine rings is 1. The molecular formula is C20H24ClN3O. The molecule has 5 heteroatoms. The van der Waals surface area contributed by atoms with Gasteiger partial charge in [0.05, 0.1) is 12.6 Å². The van der Waals surface area contributed by atoms with Crippen molar-refractivity contribution >= 4 is 23.2 Å². The number of nitrogens with one attached hydrogen (secondary N) is 1. The monoisotopic (exact) mass is 357 g/mol. The van der Waals surface area contributed by atoms with Gasteiger partial charge in [-0.2, -0.15) is 0 Å². The Kier molecular flexibility index (Phi) is 5.95. The number of carbonyl (C=O) groups is 1. The lowest BCUT2D eigenvalue weighted by Crippen LogP contribution is -2.49. The van der Waals surface area contributed by atoms with E-state index in [0.29, 0.717) is 11.6 Å². The van der Waals surface area contributed by atoms with Crippen LogP contribution in [0.4, 0.5) is 5.69 Å². The van der Waals surface area contributed by atoms with Crippen LogP contribution in [0, 0.1) is 0 Å². The highest BCUT2D eigenvalue weighted by Crippen LogP contribution is 2.17. The zero-order chi connectivity index (χ0) is 17.6. The quantitative estimate of drug-likeness (QED) is 0.891. The lowest BCUT2D eigenvalue weighted by molar-refractivity contribution is -0.123. The number of para-hydroxylation sites is 1. The Morgan fingerprint density at radius 2 is 1.68 bits per heavy atom. The number of rotatable bonds is 5.